The van der Waals surface area contributed by atoms with Crippen LogP contribution >= 0.6 is 24.0 Å². The quantitative estimate of drug-likeness (QED) is 0.280. The van der Waals surface area contributed by atoms with Crippen molar-refractivity contribution in [2.45, 2.75) is 45.7 Å². The van der Waals surface area contributed by atoms with E-state index < -0.39 is 0 Å². The van der Waals surface area contributed by atoms with Gasteiger partial charge < -0.3 is 20.2 Å². The van der Waals surface area contributed by atoms with Crippen LogP contribution in [0.15, 0.2) is 35.5 Å². The minimum Gasteiger partial charge on any atom is -0.361 e. The van der Waals surface area contributed by atoms with E-state index >= 15 is 0 Å². The molecule has 7 nitrogen and oxygen atoms in total. The number of guanidine groups is 1. The molecule has 0 fully saturated rings. The number of fused-ring (bicyclic) bond motifs is 2. The van der Waals surface area contributed by atoms with Crippen molar-refractivity contribution in [2.75, 3.05) is 13.1 Å². The Kier molecular flexibility index (Phi) is 7.30. The summed E-state index contributed by atoms with van der Waals surface area (Å²) in [6.07, 6.45) is 6.47. The molecule has 28 heavy (non-hydrogen) atoms. The summed E-state index contributed by atoms with van der Waals surface area (Å²) < 4.78 is 2.22. The van der Waals surface area contributed by atoms with Crippen LogP contribution in [0.25, 0.3) is 10.9 Å². The number of benzene rings is 1. The maximum Gasteiger partial charge on any atom is 0.191 e. The molecular formula is C20H28IN7. The molecule has 2 aromatic heterocycles. The number of nitrogens with zero attached hydrogens (tertiary/aromatic N) is 4. The summed E-state index contributed by atoms with van der Waals surface area (Å²) in [5, 5.41) is 16.7. The first-order valence-corrected chi connectivity index (χ1v) is 9.83. The van der Waals surface area contributed by atoms with Gasteiger partial charge in [-0.05, 0) is 37.8 Å². The summed E-state index contributed by atoms with van der Waals surface area (Å²) in [5.74, 6) is 2.88. The summed E-state index contributed by atoms with van der Waals surface area (Å²) >= 11 is 0. The molecule has 0 atom stereocenters. The predicted molar refractivity (Wildman–Crippen MR) is 123 cm³/mol. The lowest BCUT2D eigenvalue weighted by molar-refractivity contribution is 0.508. The number of H-pyrrole nitrogens is 1. The Labute approximate surface area is 182 Å². The largest absolute Gasteiger partial charge is 0.361 e. The lowest BCUT2D eigenvalue weighted by Crippen LogP contribution is -2.38. The fraction of sp³-hybridized carbons (Fsp3) is 0.450. The summed E-state index contributed by atoms with van der Waals surface area (Å²) in [4.78, 5) is 8.04. The number of halogens is 1. The molecule has 0 spiro atoms. The molecule has 1 aromatic carbocycles. The molecule has 1 aliphatic rings. The Bertz CT molecular complexity index is 928. The van der Waals surface area contributed by atoms with Gasteiger partial charge in [0.1, 0.15) is 12.4 Å². The number of nitrogens with one attached hydrogen (secondary N) is 3. The van der Waals surface area contributed by atoms with Gasteiger partial charge in [-0.25, -0.2) is 4.99 Å². The van der Waals surface area contributed by atoms with Crippen molar-refractivity contribution in [1.82, 2.24) is 30.4 Å². The molecule has 0 radical (unpaired) electrons. The monoisotopic (exact) mass is 493 g/mol. The van der Waals surface area contributed by atoms with Gasteiger partial charge in [-0.2, -0.15) is 0 Å². The molecule has 4 rings (SSSR count). The Hall–Kier alpha value is -2.10. The second-order valence-electron chi connectivity index (χ2n) is 6.87. The molecule has 3 heterocycles. The van der Waals surface area contributed by atoms with Crippen LogP contribution in [0, 0.1) is 0 Å². The average molecular weight is 493 g/mol. The molecule has 0 amide bonds. The van der Waals surface area contributed by atoms with Crippen LogP contribution in [0.5, 0.6) is 0 Å². The maximum atomic E-state index is 4.71. The minimum absolute atomic E-state index is 0. The van der Waals surface area contributed by atoms with Gasteiger partial charge in [-0.1, -0.05) is 18.2 Å². The van der Waals surface area contributed by atoms with E-state index in [0.29, 0.717) is 6.54 Å². The van der Waals surface area contributed by atoms with E-state index in [9.17, 15) is 0 Å². The van der Waals surface area contributed by atoms with Crippen LogP contribution in [-0.2, 0) is 25.9 Å². The summed E-state index contributed by atoms with van der Waals surface area (Å²) in [7, 11) is 0. The van der Waals surface area contributed by atoms with Crippen molar-refractivity contribution >= 4 is 40.8 Å². The molecule has 150 valence electrons. The standard InChI is InChI=1S/C20H27N7.HI/c1-2-21-20(24-14-19-26-25-18-9-5-6-12-27(18)19)22-11-10-15-13-23-17-8-4-3-7-16(15)17;/h3-4,7-8,13,23H,2,5-6,9-12,14H2,1H3,(H2,21,22,24);1H. The normalized spacial score (nSPS) is 13.8. The topological polar surface area (TPSA) is 82.9 Å². The number of hydrogen-bond acceptors (Lipinski definition) is 3. The molecule has 3 N–H and O–H groups in total. The zero-order valence-electron chi connectivity index (χ0n) is 16.2. The highest BCUT2D eigenvalue weighted by atomic mass is 127. The van der Waals surface area contributed by atoms with E-state index in [1.807, 2.05) is 0 Å². The van der Waals surface area contributed by atoms with Gasteiger partial charge in [0, 0.05) is 43.2 Å². The van der Waals surface area contributed by atoms with Gasteiger partial charge in [0.25, 0.3) is 0 Å². The highest BCUT2D eigenvalue weighted by Crippen LogP contribution is 2.17. The second-order valence-corrected chi connectivity index (χ2v) is 6.87. The van der Waals surface area contributed by atoms with Crippen LogP contribution in [0.1, 0.15) is 37.0 Å². The second kappa shape index (κ2) is 9.90. The van der Waals surface area contributed by atoms with Crippen molar-refractivity contribution < 1.29 is 0 Å². The Morgan fingerprint density at radius 1 is 1.21 bits per heavy atom. The lowest BCUT2D eigenvalue weighted by Gasteiger charge is -2.14. The van der Waals surface area contributed by atoms with E-state index in [4.69, 9.17) is 4.99 Å². The van der Waals surface area contributed by atoms with Crippen LogP contribution in [0.3, 0.4) is 0 Å². The summed E-state index contributed by atoms with van der Waals surface area (Å²) in [6.45, 7) is 5.30. The number of aryl methyl sites for hydroxylation is 1. The Morgan fingerprint density at radius 3 is 3.00 bits per heavy atom. The van der Waals surface area contributed by atoms with Crippen LogP contribution in [0.2, 0.25) is 0 Å². The zero-order chi connectivity index (χ0) is 18.5. The van der Waals surface area contributed by atoms with Crippen molar-refractivity contribution in [3.63, 3.8) is 0 Å². The molecule has 1 aliphatic heterocycles. The molecule has 3 aromatic rings. The number of hydrogen-bond donors (Lipinski definition) is 3. The fourth-order valence-corrected chi connectivity index (χ4v) is 3.63. The van der Waals surface area contributed by atoms with E-state index in [-0.39, 0.29) is 24.0 Å². The Morgan fingerprint density at radius 2 is 2.11 bits per heavy atom. The van der Waals surface area contributed by atoms with Crippen LogP contribution in [-0.4, -0.2) is 38.8 Å². The third-order valence-electron chi connectivity index (χ3n) is 5.02. The zero-order valence-corrected chi connectivity index (χ0v) is 18.6. The van der Waals surface area contributed by atoms with Gasteiger partial charge in [0.05, 0.1) is 0 Å². The van der Waals surface area contributed by atoms with E-state index in [1.165, 1.54) is 29.3 Å². The smallest absolute Gasteiger partial charge is 0.191 e. The van der Waals surface area contributed by atoms with Crippen molar-refractivity contribution in [2.24, 2.45) is 4.99 Å². The SMILES string of the molecule is CCNC(=NCc1nnc2n1CCCC2)NCCc1c[nH]c2ccccc12.I. The van der Waals surface area contributed by atoms with E-state index in [1.54, 1.807) is 0 Å². The lowest BCUT2D eigenvalue weighted by atomic mass is 10.1. The third kappa shape index (κ3) is 4.65. The van der Waals surface area contributed by atoms with E-state index in [0.717, 1.165) is 50.1 Å². The molecular weight excluding hydrogens is 465 g/mol. The average Bonchev–Trinajstić information content (AvgIpc) is 3.30. The highest BCUT2D eigenvalue weighted by molar-refractivity contribution is 14.0. The molecule has 8 heteroatoms. The van der Waals surface area contributed by atoms with Crippen LogP contribution in [0.4, 0.5) is 0 Å². The van der Waals surface area contributed by atoms with Gasteiger partial charge in [-0.15, -0.1) is 34.2 Å². The highest BCUT2D eigenvalue weighted by Gasteiger charge is 2.15. The number of aromatic amines is 1. The number of aliphatic imine (C=N–C) groups is 1. The first kappa shape index (κ1) is 20.6. The summed E-state index contributed by atoms with van der Waals surface area (Å²) in [6, 6.07) is 8.41. The minimum atomic E-state index is 0. The van der Waals surface area contributed by atoms with E-state index in [2.05, 4.69) is 67.8 Å². The van der Waals surface area contributed by atoms with Gasteiger partial charge in [0.15, 0.2) is 11.8 Å². The van der Waals surface area contributed by atoms with Gasteiger partial charge in [-0.3, -0.25) is 0 Å². The number of para-hydroxylation sites is 1. The molecule has 0 saturated carbocycles. The molecule has 0 bridgehead atoms. The first-order valence-electron chi connectivity index (χ1n) is 9.83. The fourth-order valence-electron chi connectivity index (χ4n) is 3.63. The maximum absolute atomic E-state index is 4.71. The molecule has 0 aliphatic carbocycles. The van der Waals surface area contributed by atoms with Gasteiger partial charge >= 0.3 is 0 Å². The molecule has 0 saturated heterocycles. The van der Waals surface area contributed by atoms with Crippen molar-refractivity contribution in [1.29, 1.82) is 0 Å². The Balaban J connectivity index is 0.00000225. The van der Waals surface area contributed by atoms with Crippen molar-refractivity contribution in [3.05, 3.63) is 47.7 Å². The molecule has 0 unspecified atom stereocenters. The first-order chi connectivity index (χ1) is 13.3. The van der Waals surface area contributed by atoms with Crippen molar-refractivity contribution in [3.8, 4) is 0 Å². The van der Waals surface area contributed by atoms with Crippen LogP contribution < -0.4 is 10.6 Å². The number of aromatic nitrogens is 4. The third-order valence-corrected chi connectivity index (χ3v) is 5.02. The van der Waals surface area contributed by atoms with Gasteiger partial charge in [0.2, 0.25) is 0 Å². The predicted octanol–water partition coefficient (Wildman–Crippen LogP) is 3.01. The summed E-state index contributed by atoms with van der Waals surface area (Å²) in [5.41, 5.74) is 2.50. The number of rotatable bonds is 6.